The van der Waals surface area contributed by atoms with Crippen molar-refractivity contribution in [3.05, 3.63) is 65.2 Å². The van der Waals surface area contributed by atoms with Gasteiger partial charge < -0.3 is 10.4 Å². The van der Waals surface area contributed by atoms with Crippen LogP contribution in [-0.2, 0) is 6.54 Å². The van der Waals surface area contributed by atoms with Crippen molar-refractivity contribution in [3.63, 3.8) is 0 Å². The fourth-order valence-corrected chi connectivity index (χ4v) is 1.84. The van der Waals surface area contributed by atoms with Crippen LogP contribution in [0, 0.1) is 11.6 Å². The summed E-state index contributed by atoms with van der Waals surface area (Å²) in [5, 5.41) is 12.5. The maximum absolute atomic E-state index is 13.4. The lowest BCUT2D eigenvalue weighted by Gasteiger charge is -2.15. The molecular formula is C15H15F2NO. The van der Waals surface area contributed by atoms with Gasteiger partial charge in [0, 0.05) is 24.2 Å². The number of phenolic OH excluding ortho intramolecular Hbond substituents is 1. The van der Waals surface area contributed by atoms with Gasteiger partial charge in [0.25, 0.3) is 0 Å². The van der Waals surface area contributed by atoms with E-state index in [9.17, 15) is 13.9 Å². The second-order valence-corrected chi connectivity index (χ2v) is 4.43. The Balaban J connectivity index is 2.02. The highest BCUT2D eigenvalue weighted by atomic mass is 19.1. The van der Waals surface area contributed by atoms with Crippen molar-refractivity contribution >= 4 is 0 Å². The molecule has 0 radical (unpaired) electrons. The number of rotatable bonds is 4. The Hall–Kier alpha value is -1.94. The number of halogens is 2. The molecule has 0 aromatic heterocycles. The third-order valence-electron chi connectivity index (χ3n) is 2.98. The summed E-state index contributed by atoms with van der Waals surface area (Å²) in [6.45, 7) is 2.21. The molecule has 0 saturated carbocycles. The maximum atomic E-state index is 13.4. The molecule has 4 heteroatoms. The zero-order valence-electron chi connectivity index (χ0n) is 10.5. The van der Waals surface area contributed by atoms with Crippen LogP contribution in [0.2, 0.25) is 0 Å². The van der Waals surface area contributed by atoms with Crippen molar-refractivity contribution in [2.45, 2.75) is 19.5 Å². The van der Waals surface area contributed by atoms with Gasteiger partial charge in [0.1, 0.15) is 17.4 Å². The topological polar surface area (TPSA) is 32.3 Å². The Morgan fingerprint density at radius 2 is 1.95 bits per heavy atom. The monoisotopic (exact) mass is 263 g/mol. The molecule has 2 N–H and O–H groups in total. The third-order valence-corrected chi connectivity index (χ3v) is 2.98. The van der Waals surface area contributed by atoms with Gasteiger partial charge in [0.2, 0.25) is 0 Å². The van der Waals surface area contributed by atoms with Gasteiger partial charge in [-0.2, -0.15) is 0 Å². The van der Waals surface area contributed by atoms with Gasteiger partial charge in [-0.05, 0) is 30.7 Å². The van der Waals surface area contributed by atoms with Crippen LogP contribution >= 0.6 is 0 Å². The van der Waals surface area contributed by atoms with E-state index in [1.807, 2.05) is 13.0 Å². The van der Waals surface area contributed by atoms with Crippen LogP contribution < -0.4 is 5.32 Å². The van der Waals surface area contributed by atoms with Crippen LogP contribution in [0.25, 0.3) is 0 Å². The first kappa shape index (κ1) is 13.5. The van der Waals surface area contributed by atoms with Crippen LogP contribution in [0.4, 0.5) is 8.78 Å². The van der Waals surface area contributed by atoms with Gasteiger partial charge in [0.15, 0.2) is 0 Å². The molecule has 0 spiro atoms. The van der Waals surface area contributed by atoms with E-state index in [1.165, 1.54) is 12.1 Å². The molecule has 19 heavy (non-hydrogen) atoms. The van der Waals surface area contributed by atoms with Gasteiger partial charge in [0.05, 0.1) is 0 Å². The molecule has 0 saturated heterocycles. The second kappa shape index (κ2) is 5.80. The minimum atomic E-state index is -0.581. The summed E-state index contributed by atoms with van der Waals surface area (Å²) < 4.78 is 26.2. The summed E-state index contributed by atoms with van der Waals surface area (Å²) in [6, 6.07) is 10.4. The minimum absolute atomic E-state index is 0.0449. The highest BCUT2D eigenvalue weighted by molar-refractivity contribution is 5.29. The number of nitrogens with one attached hydrogen (secondary N) is 1. The molecule has 0 heterocycles. The first-order valence-electron chi connectivity index (χ1n) is 6.02. The molecule has 0 aliphatic heterocycles. The lowest BCUT2D eigenvalue weighted by atomic mass is 10.1. The summed E-state index contributed by atoms with van der Waals surface area (Å²) in [5.41, 5.74) is 1.32. The molecular weight excluding hydrogens is 248 g/mol. The van der Waals surface area contributed by atoms with E-state index in [-0.39, 0.29) is 11.8 Å². The van der Waals surface area contributed by atoms with Crippen LogP contribution in [0.5, 0.6) is 5.75 Å². The molecule has 2 aromatic rings. The van der Waals surface area contributed by atoms with Crippen molar-refractivity contribution < 1.29 is 13.9 Å². The van der Waals surface area contributed by atoms with Gasteiger partial charge >= 0.3 is 0 Å². The van der Waals surface area contributed by atoms with E-state index in [1.54, 1.807) is 18.2 Å². The van der Waals surface area contributed by atoms with Gasteiger partial charge in [-0.25, -0.2) is 8.78 Å². The summed E-state index contributed by atoms with van der Waals surface area (Å²) in [6.07, 6.45) is 0. The van der Waals surface area contributed by atoms with Gasteiger partial charge in [-0.1, -0.05) is 18.2 Å². The molecule has 100 valence electrons. The number of hydrogen-bond donors (Lipinski definition) is 2. The van der Waals surface area contributed by atoms with E-state index in [2.05, 4.69) is 5.32 Å². The maximum Gasteiger partial charge on any atom is 0.130 e. The zero-order chi connectivity index (χ0) is 13.8. The normalized spacial score (nSPS) is 12.4. The summed E-state index contributed by atoms with van der Waals surface area (Å²) in [5.74, 6) is -0.947. The molecule has 0 amide bonds. The highest BCUT2D eigenvalue weighted by Crippen LogP contribution is 2.18. The van der Waals surface area contributed by atoms with Crippen LogP contribution in [-0.4, -0.2) is 5.11 Å². The summed E-state index contributed by atoms with van der Waals surface area (Å²) in [4.78, 5) is 0. The molecule has 0 bridgehead atoms. The SMILES string of the molecule is CC(NCc1ccc(F)cc1F)c1cccc(O)c1. The Morgan fingerprint density at radius 1 is 1.16 bits per heavy atom. The van der Waals surface area contributed by atoms with Crippen molar-refractivity contribution in [1.29, 1.82) is 0 Å². The largest absolute Gasteiger partial charge is 0.508 e. The number of phenols is 1. The van der Waals surface area contributed by atoms with E-state index in [4.69, 9.17) is 0 Å². The average Bonchev–Trinajstić information content (AvgIpc) is 2.37. The Morgan fingerprint density at radius 3 is 2.63 bits per heavy atom. The predicted molar refractivity (Wildman–Crippen MR) is 69.7 cm³/mol. The first-order chi connectivity index (χ1) is 9.06. The lowest BCUT2D eigenvalue weighted by Crippen LogP contribution is -2.18. The molecule has 0 fully saturated rings. The van der Waals surface area contributed by atoms with Crippen molar-refractivity contribution in [3.8, 4) is 5.75 Å². The van der Waals surface area contributed by atoms with E-state index >= 15 is 0 Å². The smallest absolute Gasteiger partial charge is 0.130 e. The Kier molecular flexibility index (Phi) is 4.12. The molecule has 2 nitrogen and oxygen atoms in total. The molecule has 2 rings (SSSR count). The first-order valence-corrected chi connectivity index (χ1v) is 6.02. The van der Waals surface area contributed by atoms with E-state index in [0.717, 1.165) is 11.6 Å². The number of aromatic hydroxyl groups is 1. The van der Waals surface area contributed by atoms with Crippen LogP contribution in [0.15, 0.2) is 42.5 Å². The predicted octanol–water partition coefficient (Wildman–Crippen LogP) is 3.52. The minimum Gasteiger partial charge on any atom is -0.508 e. The number of hydrogen-bond acceptors (Lipinski definition) is 2. The fourth-order valence-electron chi connectivity index (χ4n) is 1.84. The Labute approximate surface area is 110 Å². The average molecular weight is 263 g/mol. The van der Waals surface area contributed by atoms with Gasteiger partial charge in [-0.3, -0.25) is 0 Å². The number of benzene rings is 2. The quantitative estimate of drug-likeness (QED) is 0.884. The lowest BCUT2D eigenvalue weighted by molar-refractivity contribution is 0.471. The highest BCUT2D eigenvalue weighted by Gasteiger charge is 2.08. The van der Waals surface area contributed by atoms with Crippen molar-refractivity contribution in [2.24, 2.45) is 0 Å². The van der Waals surface area contributed by atoms with Crippen LogP contribution in [0.1, 0.15) is 24.1 Å². The van der Waals surface area contributed by atoms with Crippen molar-refractivity contribution in [1.82, 2.24) is 5.32 Å². The molecule has 1 atom stereocenters. The molecule has 2 aromatic carbocycles. The zero-order valence-corrected chi connectivity index (χ0v) is 10.5. The Bertz CT molecular complexity index is 572. The second-order valence-electron chi connectivity index (χ2n) is 4.43. The van der Waals surface area contributed by atoms with Gasteiger partial charge in [-0.15, -0.1) is 0 Å². The standard InChI is InChI=1S/C15H15F2NO/c1-10(11-3-2-4-14(19)7-11)18-9-12-5-6-13(16)8-15(12)17/h2-8,10,18-19H,9H2,1H3. The molecule has 0 aliphatic rings. The van der Waals surface area contributed by atoms with E-state index < -0.39 is 11.6 Å². The van der Waals surface area contributed by atoms with Crippen LogP contribution in [0.3, 0.4) is 0 Å². The van der Waals surface area contributed by atoms with E-state index in [0.29, 0.717) is 12.1 Å². The third kappa shape index (κ3) is 3.51. The molecule has 0 aliphatic carbocycles. The van der Waals surface area contributed by atoms with Crippen molar-refractivity contribution in [2.75, 3.05) is 0 Å². The summed E-state index contributed by atoms with van der Waals surface area (Å²) in [7, 11) is 0. The fraction of sp³-hybridized carbons (Fsp3) is 0.200. The molecule has 1 unspecified atom stereocenters. The summed E-state index contributed by atoms with van der Waals surface area (Å²) >= 11 is 0.